The maximum Gasteiger partial charge on any atom is 0.261 e. The largest absolute Gasteiger partial charge is 0.351 e. The molecule has 0 atom stereocenters. The number of thiazole rings is 1. The van der Waals surface area contributed by atoms with E-state index >= 15 is 0 Å². The number of aromatic nitrogens is 1. The first kappa shape index (κ1) is 13.5. The van der Waals surface area contributed by atoms with E-state index in [2.05, 4.69) is 17.2 Å². The van der Waals surface area contributed by atoms with Gasteiger partial charge in [-0.05, 0) is 18.6 Å². The number of aryl methyl sites for hydroxylation is 1. The average Bonchev–Trinajstić information content (AvgIpc) is 2.98. The summed E-state index contributed by atoms with van der Waals surface area (Å²) in [5.74, 6) is -0.0714. The molecule has 3 nitrogen and oxygen atoms in total. The molecule has 2 heterocycles. The van der Waals surface area contributed by atoms with Crippen LogP contribution >= 0.6 is 34.3 Å². The summed E-state index contributed by atoms with van der Waals surface area (Å²) in [6.45, 7) is 2.69. The lowest BCUT2D eigenvalue weighted by Gasteiger charge is -2.01. The smallest absolute Gasteiger partial charge is 0.261 e. The second kappa shape index (κ2) is 6.31. The van der Waals surface area contributed by atoms with Gasteiger partial charge in [-0.1, -0.05) is 18.5 Å². The lowest BCUT2D eigenvalue weighted by Crippen LogP contribution is -2.24. The van der Waals surface area contributed by atoms with Crippen molar-refractivity contribution in [2.45, 2.75) is 19.8 Å². The van der Waals surface area contributed by atoms with E-state index in [1.165, 1.54) is 11.3 Å². The molecule has 0 saturated heterocycles. The van der Waals surface area contributed by atoms with Gasteiger partial charge in [0.15, 0.2) is 0 Å². The molecular formula is C12H13ClN2OS2. The van der Waals surface area contributed by atoms with Gasteiger partial charge in [0.2, 0.25) is 0 Å². The summed E-state index contributed by atoms with van der Waals surface area (Å²) < 4.78 is 0.632. The third-order valence-electron chi connectivity index (χ3n) is 2.37. The minimum absolute atomic E-state index is 0.0714. The highest BCUT2D eigenvalue weighted by atomic mass is 35.5. The van der Waals surface area contributed by atoms with E-state index in [0.717, 1.165) is 23.5 Å². The van der Waals surface area contributed by atoms with Crippen LogP contribution in [0.25, 0.3) is 0 Å². The zero-order valence-electron chi connectivity index (χ0n) is 9.90. The lowest BCUT2D eigenvalue weighted by molar-refractivity contribution is 0.0958. The lowest BCUT2D eigenvalue weighted by atomic mass is 10.3. The summed E-state index contributed by atoms with van der Waals surface area (Å²) in [5, 5.41) is 6.05. The molecule has 2 aromatic heterocycles. The van der Waals surface area contributed by atoms with Crippen molar-refractivity contribution < 1.29 is 4.79 Å². The van der Waals surface area contributed by atoms with E-state index in [1.807, 2.05) is 5.38 Å². The molecule has 0 fully saturated rings. The van der Waals surface area contributed by atoms with Crippen LogP contribution in [-0.4, -0.2) is 17.4 Å². The van der Waals surface area contributed by atoms with E-state index < -0.39 is 0 Å². The van der Waals surface area contributed by atoms with Crippen molar-refractivity contribution in [3.05, 3.63) is 37.4 Å². The maximum absolute atomic E-state index is 11.7. The molecule has 1 N–H and O–H groups in total. The van der Waals surface area contributed by atoms with E-state index in [1.54, 1.807) is 23.5 Å². The highest BCUT2D eigenvalue weighted by Crippen LogP contribution is 2.21. The van der Waals surface area contributed by atoms with Gasteiger partial charge < -0.3 is 5.32 Å². The Morgan fingerprint density at radius 2 is 2.33 bits per heavy atom. The molecule has 2 aromatic rings. The maximum atomic E-state index is 11.7. The number of carbonyl (C=O) groups is 1. The van der Waals surface area contributed by atoms with Gasteiger partial charge in [-0.3, -0.25) is 4.79 Å². The number of nitrogens with one attached hydrogen (secondary N) is 1. The Kier molecular flexibility index (Phi) is 4.74. The first-order chi connectivity index (χ1) is 8.69. The Hall–Kier alpha value is -0.910. The van der Waals surface area contributed by atoms with E-state index in [-0.39, 0.29) is 5.91 Å². The molecule has 6 heteroatoms. The second-order valence-corrected chi connectivity index (χ2v) is 6.35. The fourth-order valence-electron chi connectivity index (χ4n) is 1.45. The Labute approximate surface area is 119 Å². The summed E-state index contributed by atoms with van der Waals surface area (Å²) >= 11 is 8.74. The minimum Gasteiger partial charge on any atom is -0.351 e. The molecule has 0 bridgehead atoms. The molecule has 0 aliphatic heterocycles. The molecule has 0 aliphatic carbocycles. The second-order valence-electron chi connectivity index (χ2n) is 3.70. The first-order valence-corrected chi connectivity index (χ1v) is 7.73. The van der Waals surface area contributed by atoms with Gasteiger partial charge in [-0.2, -0.15) is 0 Å². The van der Waals surface area contributed by atoms with Gasteiger partial charge in [0.25, 0.3) is 5.91 Å². The van der Waals surface area contributed by atoms with Crippen LogP contribution in [0.4, 0.5) is 0 Å². The predicted molar refractivity (Wildman–Crippen MR) is 76.9 cm³/mol. The number of nitrogens with zero attached hydrogens (tertiary/aromatic N) is 1. The first-order valence-electron chi connectivity index (χ1n) is 5.66. The van der Waals surface area contributed by atoms with Crippen molar-refractivity contribution in [1.29, 1.82) is 0 Å². The zero-order chi connectivity index (χ0) is 13.0. The number of amides is 1. The van der Waals surface area contributed by atoms with Gasteiger partial charge in [-0.25, -0.2) is 4.98 Å². The molecule has 96 valence electrons. The number of hydrogen-bond acceptors (Lipinski definition) is 4. The minimum atomic E-state index is -0.0714. The zero-order valence-corrected chi connectivity index (χ0v) is 12.3. The predicted octanol–water partition coefficient (Wildman–Crippen LogP) is 3.39. The molecule has 1 amide bonds. The van der Waals surface area contributed by atoms with E-state index in [0.29, 0.717) is 15.8 Å². The normalized spacial score (nSPS) is 10.6. The summed E-state index contributed by atoms with van der Waals surface area (Å²) in [7, 11) is 0. The van der Waals surface area contributed by atoms with Crippen molar-refractivity contribution in [2.75, 3.05) is 6.54 Å². The molecule has 0 unspecified atom stereocenters. The van der Waals surface area contributed by atoms with Crippen LogP contribution in [0.2, 0.25) is 4.34 Å². The van der Waals surface area contributed by atoms with Gasteiger partial charge in [0.1, 0.15) is 0 Å². The van der Waals surface area contributed by atoms with Crippen molar-refractivity contribution in [3.8, 4) is 0 Å². The van der Waals surface area contributed by atoms with Crippen molar-refractivity contribution in [2.24, 2.45) is 0 Å². The number of hydrogen-bond donors (Lipinski definition) is 1. The fraction of sp³-hybridized carbons (Fsp3) is 0.333. The molecule has 18 heavy (non-hydrogen) atoms. The number of thiophene rings is 1. The topological polar surface area (TPSA) is 42.0 Å². The number of rotatable bonds is 5. The van der Waals surface area contributed by atoms with Crippen molar-refractivity contribution in [1.82, 2.24) is 10.3 Å². The van der Waals surface area contributed by atoms with Crippen LogP contribution in [0.15, 0.2) is 17.5 Å². The molecule has 0 saturated carbocycles. The fourth-order valence-corrected chi connectivity index (χ4v) is 3.19. The SMILES string of the molecule is CCc1nc(CCNC(=O)c2ccc(Cl)s2)cs1. The highest BCUT2D eigenvalue weighted by Gasteiger charge is 2.08. The van der Waals surface area contributed by atoms with Gasteiger partial charge >= 0.3 is 0 Å². The number of carbonyl (C=O) groups excluding carboxylic acids is 1. The van der Waals surface area contributed by atoms with Crippen LogP contribution in [0.1, 0.15) is 27.3 Å². The Morgan fingerprint density at radius 1 is 1.50 bits per heavy atom. The quantitative estimate of drug-likeness (QED) is 0.919. The van der Waals surface area contributed by atoms with Crippen LogP contribution < -0.4 is 5.32 Å². The Balaban J connectivity index is 1.80. The summed E-state index contributed by atoms with van der Waals surface area (Å²) in [4.78, 5) is 16.8. The third kappa shape index (κ3) is 3.54. The monoisotopic (exact) mass is 300 g/mol. The van der Waals surface area contributed by atoms with Gasteiger partial charge in [0, 0.05) is 18.3 Å². The molecule has 0 aliphatic rings. The molecule has 0 radical (unpaired) electrons. The molecular weight excluding hydrogens is 288 g/mol. The Bertz CT molecular complexity index is 536. The van der Waals surface area contributed by atoms with Crippen LogP contribution in [0, 0.1) is 0 Å². The summed E-state index contributed by atoms with van der Waals surface area (Å²) in [6.07, 6.45) is 1.73. The highest BCUT2D eigenvalue weighted by molar-refractivity contribution is 7.18. The molecule has 0 spiro atoms. The number of halogens is 1. The van der Waals surface area contributed by atoms with Crippen LogP contribution in [0.3, 0.4) is 0 Å². The van der Waals surface area contributed by atoms with Crippen molar-refractivity contribution in [3.63, 3.8) is 0 Å². The van der Waals surface area contributed by atoms with Crippen molar-refractivity contribution >= 4 is 40.2 Å². The molecule has 2 rings (SSSR count). The van der Waals surface area contributed by atoms with E-state index in [4.69, 9.17) is 11.6 Å². The average molecular weight is 301 g/mol. The van der Waals surface area contributed by atoms with E-state index in [9.17, 15) is 4.79 Å². The van der Waals surface area contributed by atoms with Gasteiger partial charge in [0.05, 0.1) is 19.9 Å². The molecule has 0 aromatic carbocycles. The van der Waals surface area contributed by atoms with Gasteiger partial charge in [-0.15, -0.1) is 22.7 Å². The third-order valence-corrected chi connectivity index (χ3v) is 4.64. The van der Waals surface area contributed by atoms with Crippen LogP contribution in [0.5, 0.6) is 0 Å². The van der Waals surface area contributed by atoms with Crippen LogP contribution in [-0.2, 0) is 12.8 Å². The summed E-state index contributed by atoms with van der Waals surface area (Å²) in [6, 6.07) is 3.47. The Morgan fingerprint density at radius 3 is 2.94 bits per heavy atom. The standard InChI is InChI=1S/C12H13ClN2OS2/c1-2-11-15-8(7-17-11)5-6-14-12(16)9-3-4-10(13)18-9/h3-4,7H,2,5-6H2,1H3,(H,14,16). The summed E-state index contributed by atoms with van der Waals surface area (Å²) in [5.41, 5.74) is 1.04.